The van der Waals surface area contributed by atoms with Gasteiger partial charge in [-0.05, 0) is 97.7 Å². The summed E-state index contributed by atoms with van der Waals surface area (Å²) in [6, 6.07) is 0. The van der Waals surface area contributed by atoms with Crippen molar-refractivity contribution in [3.05, 3.63) is 0 Å². The minimum Gasteiger partial charge on any atom is -0.394 e. The van der Waals surface area contributed by atoms with E-state index in [1.807, 2.05) is 6.92 Å². The molecule has 0 radical (unpaired) electrons. The van der Waals surface area contributed by atoms with Crippen molar-refractivity contribution >= 4 is 0 Å². The lowest BCUT2D eigenvalue weighted by atomic mass is 9.44. The highest BCUT2D eigenvalue weighted by molar-refractivity contribution is 5.16. The molecule has 25 heteroatoms. The van der Waals surface area contributed by atoms with Crippen molar-refractivity contribution in [2.45, 2.75) is 232 Å². The Morgan fingerprint density at radius 1 is 0.558 bits per heavy atom. The van der Waals surface area contributed by atoms with Crippen molar-refractivity contribution in [1.29, 1.82) is 0 Å². The Kier molecular flexibility index (Phi) is 18.8. The van der Waals surface area contributed by atoms with Crippen LogP contribution in [0.5, 0.6) is 0 Å². The number of hydrogen-bond acceptors (Lipinski definition) is 25. The van der Waals surface area contributed by atoms with Gasteiger partial charge in [0.15, 0.2) is 30.9 Å². The normalized spacial score (nSPS) is 55.2. The molecule has 5 heterocycles. The molecule has 4 aliphatic carbocycles. The van der Waals surface area contributed by atoms with Gasteiger partial charge in [0.1, 0.15) is 97.7 Å². The highest BCUT2D eigenvalue weighted by Gasteiger charge is 2.69. The van der Waals surface area contributed by atoms with Gasteiger partial charge < -0.3 is 124 Å². The molecule has 4 saturated carbocycles. The van der Waals surface area contributed by atoms with Gasteiger partial charge in [-0.15, -0.1) is 0 Å². The summed E-state index contributed by atoms with van der Waals surface area (Å²) in [7, 11) is 1.70. The lowest BCUT2D eigenvalue weighted by molar-refractivity contribution is -0.391. The second kappa shape index (κ2) is 23.9. The average molecular weight is 1110 g/mol. The van der Waals surface area contributed by atoms with Crippen molar-refractivity contribution in [2.75, 3.05) is 40.1 Å². The Bertz CT molecular complexity index is 1920. The number of hydrogen-bond donors (Lipinski definition) is 15. The number of fused-ring (bicyclic) bond motifs is 7. The summed E-state index contributed by atoms with van der Waals surface area (Å²) in [5.41, 5.74) is -0.261. The Morgan fingerprint density at radius 2 is 1.09 bits per heavy atom. The number of ether oxygens (including phenoxy) is 10. The Hall–Kier alpha value is -1.00. The van der Waals surface area contributed by atoms with E-state index in [4.69, 9.17) is 47.4 Å². The average Bonchev–Trinajstić information content (AvgIpc) is 4.13. The first-order valence-electron chi connectivity index (χ1n) is 27.9. The Balaban J connectivity index is 0.804. The van der Waals surface area contributed by atoms with Crippen LogP contribution in [-0.4, -0.2) is 264 Å². The molecule has 77 heavy (non-hydrogen) atoms. The number of aliphatic hydroxyl groups excluding tert-OH is 15. The van der Waals surface area contributed by atoms with Crippen molar-refractivity contribution < 1.29 is 124 Å². The maximum atomic E-state index is 12.0. The zero-order valence-electron chi connectivity index (χ0n) is 44.5. The third kappa shape index (κ3) is 10.8. The van der Waals surface area contributed by atoms with E-state index in [1.54, 1.807) is 7.11 Å². The summed E-state index contributed by atoms with van der Waals surface area (Å²) in [6.45, 7) is 6.18. The van der Waals surface area contributed by atoms with Crippen LogP contribution < -0.4 is 0 Å². The second-order valence-corrected chi connectivity index (χ2v) is 24.6. The molecular weight excluding hydrogens is 1020 g/mol. The zero-order chi connectivity index (χ0) is 55.8. The summed E-state index contributed by atoms with van der Waals surface area (Å²) in [5, 5.41) is 159. The molecule has 0 amide bonds. The molecule has 9 fully saturated rings. The van der Waals surface area contributed by atoms with Gasteiger partial charge in [-0.2, -0.15) is 0 Å². The SMILES string of the molecule is CO[C@@]1(CC[C@@H](C)CO[C@@H]2O[C@H](CO)[C@@H](O)[C@H](O)[C@H]2O)O[C@H]2C[C@H]3[C@@H]4CC[C@H]5C[C@@H](O[C@@H]6O[C@H](CO)[C@H](O[C@@H]7O[C@H](CO)[C@@H](O)[C@H](O)[C@H]7O[C@@H]7O[C@H](CO)[C@@H](O)[C@H](O)[C@H]7O)[C@H](O)[C@H]6O)[C@H](O)C[C@]5(C)[C@H]4CC[C@]3(C)[C@H]2[C@@H]1C. The van der Waals surface area contributed by atoms with Crippen LogP contribution in [-0.2, 0) is 47.4 Å². The molecular formula is C52H88O25. The quantitative estimate of drug-likeness (QED) is 0.0612. The first-order valence-corrected chi connectivity index (χ1v) is 27.9. The summed E-state index contributed by atoms with van der Waals surface area (Å²) >= 11 is 0. The van der Waals surface area contributed by atoms with Crippen LogP contribution >= 0.6 is 0 Å². The summed E-state index contributed by atoms with van der Waals surface area (Å²) < 4.78 is 60.0. The molecule has 0 spiro atoms. The van der Waals surface area contributed by atoms with Crippen LogP contribution in [0.1, 0.15) is 85.5 Å². The van der Waals surface area contributed by atoms with Gasteiger partial charge in [-0.3, -0.25) is 0 Å². The molecule has 0 aromatic rings. The van der Waals surface area contributed by atoms with Crippen molar-refractivity contribution in [2.24, 2.45) is 52.3 Å². The third-order valence-electron chi connectivity index (χ3n) is 20.4. The molecule has 446 valence electrons. The van der Waals surface area contributed by atoms with Gasteiger partial charge in [-0.25, -0.2) is 0 Å². The lowest BCUT2D eigenvalue weighted by Gasteiger charge is -2.62. The fourth-order valence-corrected chi connectivity index (χ4v) is 16.0. The topological polar surface area (TPSA) is 396 Å². The summed E-state index contributed by atoms with van der Waals surface area (Å²) in [5.74, 6) is 0.730. The highest BCUT2D eigenvalue weighted by Crippen LogP contribution is 2.71. The van der Waals surface area contributed by atoms with Gasteiger partial charge in [0.05, 0.1) is 51.3 Å². The highest BCUT2D eigenvalue weighted by atomic mass is 16.8. The van der Waals surface area contributed by atoms with E-state index in [2.05, 4.69) is 20.8 Å². The van der Waals surface area contributed by atoms with Crippen LogP contribution in [0.3, 0.4) is 0 Å². The van der Waals surface area contributed by atoms with Gasteiger partial charge >= 0.3 is 0 Å². The molecule has 0 unspecified atom stereocenters. The Labute approximate surface area is 447 Å². The fourth-order valence-electron chi connectivity index (χ4n) is 16.0. The van der Waals surface area contributed by atoms with E-state index in [9.17, 15) is 76.6 Å². The molecule has 0 bridgehead atoms. The van der Waals surface area contributed by atoms with Crippen LogP contribution in [0.15, 0.2) is 0 Å². The second-order valence-electron chi connectivity index (χ2n) is 24.6. The predicted octanol–water partition coefficient (Wildman–Crippen LogP) is -4.33. The molecule has 15 N–H and O–H groups in total. The molecule has 0 aromatic heterocycles. The molecule has 5 aliphatic heterocycles. The molecule has 33 atom stereocenters. The van der Waals surface area contributed by atoms with Crippen molar-refractivity contribution in [1.82, 2.24) is 0 Å². The maximum absolute atomic E-state index is 12.0. The maximum Gasteiger partial charge on any atom is 0.187 e. The monoisotopic (exact) mass is 1110 g/mol. The molecule has 5 saturated heterocycles. The van der Waals surface area contributed by atoms with Crippen LogP contribution in [0, 0.1) is 52.3 Å². The van der Waals surface area contributed by atoms with Crippen molar-refractivity contribution in [3.8, 4) is 0 Å². The number of methoxy groups -OCH3 is 1. The number of rotatable bonds is 17. The van der Waals surface area contributed by atoms with E-state index in [-0.39, 0.29) is 47.2 Å². The Morgan fingerprint density at radius 3 is 1.71 bits per heavy atom. The van der Waals surface area contributed by atoms with Crippen LogP contribution in [0.4, 0.5) is 0 Å². The van der Waals surface area contributed by atoms with E-state index >= 15 is 0 Å². The van der Waals surface area contributed by atoms with E-state index in [0.717, 1.165) is 32.1 Å². The zero-order valence-corrected chi connectivity index (χ0v) is 44.5. The van der Waals surface area contributed by atoms with Gasteiger partial charge in [0, 0.05) is 19.4 Å². The minimum atomic E-state index is -1.93. The van der Waals surface area contributed by atoms with E-state index in [0.29, 0.717) is 43.4 Å². The van der Waals surface area contributed by atoms with Gasteiger partial charge in [0.2, 0.25) is 0 Å². The van der Waals surface area contributed by atoms with E-state index < -0.39 is 167 Å². The molecule has 9 rings (SSSR count). The standard InChI is InChI=1S/C52H88O25/c1-20(19-69-46-41(65)37(61)34(58)29(15-53)71-46)8-11-52(68-5)21(2)33-28(77-52)13-25-23-7-6-22-12-27(26(57)14-51(22,4)24(23)9-10-50(25,33)3)70-47-43(67)40(64)44(32(18-56)74-47)75-49-45(39(63)36(60)31(17-55)73-49)76-48-42(66)38(62)35(59)30(16-54)72-48/h20-49,53-67H,6-19H2,1-5H3/t20-,21+,22+,23-,24+,25+,26-,27-,28+,29-,30-,31-,32-,33+,34-,35-,36-,37+,38+,39+,40-,41-,42-,43-,44+,45-,46-,47-,48+,49+,50+,51+,52+/m1/s1. The van der Waals surface area contributed by atoms with Crippen molar-refractivity contribution in [3.63, 3.8) is 0 Å². The minimum absolute atomic E-state index is 0.0110. The smallest absolute Gasteiger partial charge is 0.187 e. The summed E-state index contributed by atoms with van der Waals surface area (Å²) in [4.78, 5) is 0. The summed E-state index contributed by atoms with van der Waals surface area (Å²) in [6.07, 6.45) is -27.6. The molecule has 9 aliphatic rings. The molecule has 0 aromatic carbocycles. The van der Waals surface area contributed by atoms with Crippen LogP contribution in [0.2, 0.25) is 0 Å². The number of aliphatic hydroxyl groups is 15. The first-order chi connectivity index (χ1) is 36.5. The van der Waals surface area contributed by atoms with Crippen LogP contribution in [0.25, 0.3) is 0 Å². The third-order valence-corrected chi connectivity index (χ3v) is 20.4. The molecule has 25 nitrogen and oxygen atoms in total. The lowest BCUT2D eigenvalue weighted by Crippen LogP contribution is -2.67. The largest absolute Gasteiger partial charge is 0.394 e. The van der Waals surface area contributed by atoms with Gasteiger partial charge in [-0.1, -0.05) is 27.7 Å². The predicted molar refractivity (Wildman–Crippen MR) is 258 cm³/mol. The fraction of sp³-hybridized carbons (Fsp3) is 1.00. The van der Waals surface area contributed by atoms with Gasteiger partial charge in [0.25, 0.3) is 0 Å². The van der Waals surface area contributed by atoms with E-state index in [1.165, 1.54) is 0 Å². The first kappa shape index (κ1) is 60.6.